The van der Waals surface area contributed by atoms with E-state index in [4.69, 9.17) is 4.74 Å². The van der Waals surface area contributed by atoms with Gasteiger partial charge in [-0.25, -0.2) is 8.78 Å². The molecule has 1 aromatic carbocycles. The first-order chi connectivity index (χ1) is 8.66. The van der Waals surface area contributed by atoms with Crippen molar-refractivity contribution in [1.82, 2.24) is 5.32 Å². The highest BCUT2D eigenvalue weighted by atomic mass is 19.3. The molecule has 6 heteroatoms. The van der Waals surface area contributed by atoms with E-state index in [2.05, 4.69) is 10.6 Å². The monoisotopic (exact) mass is 256 g/mol. The second-order valence-corrected chi connectivity index (χ2v) is 4.00. The van der Waals surface area contributed by atoms with Crippen LogP contribution in [0.1, 0.15) is 12.0 Å². The number of carbonyl (C=O) groups excluding carboxylic acids is 1. The lowest BCUT2D eigenvalue weighted by molar-refractivity contribution is -0.120. The van der Waals surface area contributed by atoms with Crippen LogP contribution in [0.25, 0.3) is 0 Å². The van der Waals surface area contributed by atoms with Crippen LogP contribution in [0.3, 0.4) is 0 Å². The van der Waals surface area contributed by atoms with E-state index in [0.29, 0.717) is 25.4 Å². The van der Waals surface area contributed by atoms with E-state index >= 15 is 0 Å². The van der Waals surface area contributed by atoms with E-state index in [1.807, 2.05) is 0 Å². The summed E-state index contributed by atoms with van der Waals surface area (Å²) in [5.41, 5.74) is 0.255. The van der Waals surface area contributed by atoms with Crippen LogP contribution in [0.4, 0.5) is 14.5 Å². The van der Waals surface area contributed by atoms with E-state index in [-0.39, 0.29) is 11.5 Å². The number of nitrogens with one attached hydrogen (secondary N) is 2. The van der Waals surface area contributed by atoms with Gasteiger partial charge in [-0.2, -0.15) is 0 Å². The predicted molar refractivity (Wildman–Crippen MR) is 62.6 cm³/mol. The Morgan fingerprint density at radius 1 is 1.50 bits per heavy atom. The molecule has 2 rings (SSSR count). The summed E-state index contributed by atoms with van der Waals surface area (Å²) in [4.78, 5) is 11.8. The van der Waals surface area contributed by atoms with Crippen molar-refractivity contribution < 1.29 is 18.3 Å². The predicted octanol–water partition coefficient (Wildman–Crippen LogP) is 1.55. The average molecular weight is 256 g/mol. The highest BCUT2D eigenvalue weighted by molar-refractivity contribution is 5.95. The Bertz CT molecular complexity index is 420. The highest BCUT2D eigenvalue weighted by Gasteiger charge is 2.21. The van der Waals surface area contributed by atoms with Gasteiger partial charge in [-0.1, -0.05) is 12.1 Å². The van der Waals surface area contributed by atoms with Gasteiger partial charge in [0.05, 0.1) is 13.2 Å². The van der Waals surface area contributed by atoms with Crippen molar-refractivity contribution in [3.8, 4) is 0 Å². The van der Waals surface area contributed by atoms with Gasteiger partial charge in [0, 0.05) is 17.8 Å². The van der Waals surface area contributed by atoms with Crippen LogP contribution in [0.15, 0.2) is 24.3 Å². The third-order valence-electron chi connectivity index (χ3n) is 2.64. The van der Waals surface area contributed by atoms with Gasteiger partial charge in [-0.05, 0) is 12.1 Å². The maximum atomic E-state index is 12.5. The first kappa shape index (κ1) is 12.9. The molecule has 0 aromatic heterocycles. The minimum atomic E-state index is -2.54. The molecular weight excluding hydrogens is 242 g/mol. The van der Waals surface area contributed by atoms with Gasteiger partial charge >= 0.3 is 0 Å². The molecule has 1 unspecified atom stereocenters. The van der Waals surface area contributed by atoms with Crippen LogP contribution < -0.4 is 10.6 Å². The van der Waals surface area contributed by atoms with Gasteiger partial charge < -0.3 is 15.4 Å². The molecule has 2 N–H and O–H groups in total. The molecule has 0 aliphatic carbocycles. The van der Waals surface area contributed by atoms with Crippen LogP contribution >= 0.6 is 0 Å². The molecule has 1 heterocycles. The maximum absolute atomic E-state index is 12.5. The summed E-state index contributed by atoms with van der Waals surface area (Å²) in [6.07, 6.45) is -2.54. The quantitative estimate of drug-likeness (QED) is 0.862. The molecular formula is C12H14F2N2O2. The van der Waals surface area contributed by atoms with Crippen LogP contribution in [0.2, 0.25) is 0 Å². The Kier molecular flexibility index (Phi) is 4.22. The number of alkyl halides is 2. The lowest BCUT2D eigenvalue weighted by Gasteiger charge is -2.22. The third-order valence-corrected chi connectivity index (χ3v) is 2.64. The molecule has 4 nitrogen and oxygen atoms in total. The van der Waals surface area contributed by atoms with E-state index in [1.165, 1.54) is 18.2 Å². The topological polar surface area (TPSA) is 50.4 Å². The smallest absolute Gasteiger partial charge is 0.263 e. The van der Waals surface area contributed by atoms with Crippen molar-refractivity contribution in [2.24, 2.45) is 0 Å². The largest absolute Gasteiger partial charge is 0.378 e. The number of halogens is 2. The molecule has 98 valence electrons. The standard InChI is InChI=1S/C12H14F2N2O2/c13-11(14)8-2-1-3-9(6-8)16-12(17)10-7-18-5-4-15-10/h1-3,6,10-11,15H,4-5,7H2,(H,16,17). The number of anilines is 1. The van der Waals surface area contributed by atoms with Crippen LogP contribution in [-0.4, -0.2) is 31.7 Å². The van der Waals surface area contributed by atoms with Crippen molar-refractivity contribution in [1.29, 1.82) is 0 Å². The third kappa shape index (κ3) is 3.24. The Labute approximate surface area is 103 Å². The number of morpholine rings is 1. The van der Waals surface area contributed by atoms with Crippen molar-refractivity contribution >= 4 is 11.6 Å². The SMILES string of the molecule is O=C(Nc1cccc(C(F)F)c1)C1COCCN1. The number of hydrogen-bond acceptors (Lipinski definition) is 3. The fraction of sp³-hybridized carbons (Fsp3) is 0.417. The Morgan fingerprint density at radius 3 is 3.00 bits per heavy atom. The maximum Gasteiger partial charge on any atom is 0.263 e. The fourth-order valence-electron chi connectivity index (χ4n) is 1.72. The number of amides is 1. The number of benzene rings is 1. The van der Waals surface area contributed by atoms with E-state index < -0.39 is 12.5 Å². The molecule has 1 saturated heterocycles. The van der Waals surface area contributed by atoms with E-state index in [0.717, 1.165) is 0 Å². The molecule has 1 atom stereocenters. The summed E-state index contributed by atoms with van der Waals surface area (Å²) < 4.78 is 30.1. The molecule has 0 radical (unpaired) electrons. The molecule has 1 aliphatic heterocycles. The van der Waals surface area contributed by atoms with Crippen molar-refractivity contribution in [2.75, 3.05) is 25.1 Å². The number of carbonyl (C=O) groups is 1. The zero-order valence-corrected chi connectivity index (χ0v) is 9.66. The summed E-state index contributed by atoms with van der Waals surface area (Å²) in [6.45, 7) is 1.47. The van der Waals surface area contributed by atoms with Crippen LogP contribution in [-0.2, 0) is 9.53 Å². The average Bonchev–Trinajstić information content (AvgIpc) is 2.40. The van der Waals surface area contributed by atoms with Gasteiger partial charge in [0.1, 0.15) is 6.04 Å². The molecule has 1 aromatic rings. The summed E-state index contributed by atoms with van der Waals surface area (Å²) in [5, 5.41) is 5.58. The van der Waals surface area contributed by atoms with Crippen molar-refractivity contribution in [3.05, 3.63) is 29.8 Å². The van der Waals surface area contributed by atoms with Gasteiger partial charge in [0.15, 0.2) is 0 Å². The molecule has 0 saturated carbocycles. The zero-order chi connectivity index (χ0) is 13.0. The normalized spacial score (nSPS) is 19.8. The van der Waals surface area contributed by atoms with Crippen LogP contribution in [0, 0.1) is 0 Å². The van der Waals surface area contributed by atoms with Crippen molar-refractivity contribution in [3.63, 3.8) is 0 Å². The molecule has 1 fully saturated rings. The summed E-state index contributed by atoms with van der Waals surface area (Å²) in [7, 11) is 0. The first-order valence-corrected chi connectivity index (χ1v) is 5.67. The Morgan fingerprint density at radius 2 is 2.33 bits per heavy atom. The Hall–Kier alpha value is -1.53. The Balaban J connectivity index is 1.99. The van der Waals surface area contributed by atoms with Gasteiger partial charge in [-0.15, -0.1) is 0 Å². The molecule has 1 amide bonds. The van der Waals surface area contributed by atoms with E-state index in [9.17, 15) is 13.6 Å². The first-order valence-electron chi connectivity index (χ1n) is 5.67. The number of ether oxygens (including phenoxy) is 1. The van der Waals surface area contributed by atoms with Gasteiger partial charge in [0.2, 0.25) is 5.91 Å². The summed E-state index contributed by atoms with van der Waals surface area (Å²) in [5.74, 6) is -0.277. The summed E-state index contributed by atoms with van der Waals surface area (Å²) >= 11 is 0. The highest BCUT2D eigenvalue weighted by Crippen LogP contribution is 2.21. The second-order valence-electron chi connectivity index (χ2n) is 4.00. The van der Waals surface area contributed by atoms with Gasteiger partial charge in [-0.3, -0.25) is 4.79 Å². The van der Waals surface area contributed by atoms with Gasteiger partial charge in [0.25, 0.3) is 6.43 Å². The lowest BCUT2D eigenvalue weighted by Crippen LogP contribution is -2.48. The second kappa shape index (κ2) is 5.88. The number of rotatable bonds is 3. The zero-order valence-electron chi connectivity index (χ0n) is 9.66. The van der Waals surface area contributed by atoms with E-state index in [1.54, 1.807) is 6.07 Å². The van der Waals surface area contributed by atoms with Crippen molar-refractivity contribution in [2.45, 2.75) is 12.5 Å². The number of hydrogen-bond donors (Lipinski definition) is 2. The van der Waals surface area contributed by atoms with Crippen LogP contribution in [0.5, 0.6) is 0 Å². The molecule has 18 heavy (non-hydrogen) atoms. The fourth-order valence-corrected chi connectivity index (χ4v) is 1.72. The lowest BCUT2D eigenvalue weighted by atomic mass is 10.2. The summed E-state index contributed by atoms with van der Waals surface area (Å²) in [6, 6.07) is 5.22. The molecule has 0 bridgehead atoms. The minimum absolute atomic E-state index is 0.111. The molecule has 1 aliphatic rings. The molecule has 0 spiro atoms. The minimum Gasteiger partial charge on any atom is -0.378 e.